The maximum absolute atomic E-state index is 12.9. The zero-order chi connectivity index (χ0) is 18.8. The number of nitrogens with zero attached hydrogens (tertiary/aromatic N) is 1. The van der Waals surface area contributed by atoms with E-state index in [-0.39, 0.29) is 17.9 Å². The Bertz CT molecular complexity index is 692. The van der Waals surface area contributed by atoms with E-state index in [2.05, 4.69) is 6.07 Å². The second-order valence-electron chi connectivity index (χ2n) is 7.88. The van der Waals surface area contributed by atoms with Gasteiger partial charge in [0.2, 0.25) is 0 Å². The van der Waals surface area contributed by atoms with Gasteiger partial charge in [0.15, 0.2) is 0 Å². The molecule has 1 amide bonds. The van der Waals surface area contributed by atoms with Gasteiger partial charge in [0.1, 0.15) is 0 Å². The number of likely N-dealkylation sites (tertiary alicyclic amines) is 1. The number of rotatable bonds is 4. The number of hydrogen-bond acceptors (Lipinski definition) is 4. The SMILES string of the molecule is O=C(O)C1CCO[C@H]1C1CCN(C(=O)c2cccc(C3CCOC3)c2)CC1. The van der Waals surface area contributed by atoms with E-state index in [0.717, 1.165) is 38.0 Å². The van der Waals surface area contributed by atoms with Crippen LogP contribution in [0.3, 0.4) is 0 Å². The van der Waals surface area contributed by atoms with Gasteiger partial charge in [-0.25, -0.2) is 0 Å². The van der Waals surface area contributed by atoms with Crippen LogP contribution in [0.25, 0.3) is 0 Å². The van der Waals surface area contributed by atoms with Crippen molar-refractivity contribution in [2.24, 2.45) is 11.8 Å². The molecular weight excluding hydrogens is 346 g/mol. The van der Waals surface area contributed by atoms with Gasteiger partial charge < -0.3 is 19.5 Å². The standard InChI is InChI=1S/C21H27NO5/c23-20(16-3-1-2-15(12-16)17-6-10-26-13-17)22-8-4-14(5-9-22)19-18(21(24)25)7-11-27-19/h1-3,12,14,17-19H,4-11,13H2,(H,24,25)/t17?,18?,19-/m0/s1. The van der Waals surface area contributed by atoms with E-state index in [1.54, 1.807) is 0 Å². The lowest BCUT2D eigenvalue weighted by Gasteiger charge is -2.35. The molecule has 0 aliphatic carbocycles. The van der Waals surface area contributed by atoms with Crippen LogP contribution in [0, 0.1) is 11.8 Å². The summed E-state index contributed by atoms with van der Waals surface area (Å²) in [4.78, 5) is 26.2. The van der Waals surface area contributed by atoms with Crippen molar-refractivity contribution in [3.8, 4) is 0 Å². The summed E-state index contributed by atoms with van der Waals surface area (Å²) < 4.78 is 11.2. The Balaban J connectivity index is 1.37. The number of carboxylic acids is 1. The normalized spacial score (nSPS) is 29.2. The molecule has 0 radical (unpaired) electrons. The molecule has 0 aromatic heterocycles. The van der Waals surface area contributed by atoms with Gasteiger partial charge in [-0.3, -0.25) is 9.59 Å². The maximum atomic E-state index is 12.9. The lowest BCUT2D eigenvalue weighted by atomic mass is 9.84. The monoisotopic (exact) mass is 373 g/mol. The molecule has 1 aromatic rings. The average molecular weight is 373 g/mol. The topological polar surface area (TPSA) is 76.1 Å². The molecule has 3 aliphatic rings. The molecule has 3 fully saturated rings. The summed E-state index contributed by atoms with van der Waals surface area (Å²) in [5.41, 5.74) is 1.91. The minimum absolute atomic E-state index is 0.0661. The second kappa shape index (κ2) is 7.98. The number of aliphatic carboxylic acids is 1. The van der Waals surface area contributed by atoms with Crippen molar-refractivity contribution in [3.05, 3.63) is 35.4 Å². The predicted octanol–water partition coefficient (Wildman–Crippen LogP) is 2.53. The summed E-state index contributed by atoms with van der Waals surface area (Å²) in [6, 6.07) is 7.92. The molecule has 4 rings (SSSR count). The molecule has 3 heterocycles. The van der Waals surface area contributed by atoms with Crippen LogP contribution in [0.4, 0.5) is 0 Å². The van der Waals surface area contributed by atoms with Crippen LogP contribution in [0.15, 0.2) is 24.3 Å². The van der Waals surface area contributed by atoms with Crippen molar-refractivity contribution in [2.75, 3.05) is 32.9 Å². The van der Waals surface area contributed by atoms with Gasteiger partial charge in [-0.1, -0.05) is 12.1 Å². The van der Waals surface area contributed by atoms with E-state index < -0.39 is 11.9 Å². The van der Waals surface area contributed by atoms with Crippen LogP contribution < -0.4 is 0 Å². The molecule has 3 atom stereocenters. The summed E-state index contributed by atoms with van der Waals surface area (Å²) >= 11 is 0. The molecule has 0 saturated carbocycles. The number of piperidine rings is 1. The molecule has 0 spiro atoms. The number of carbonyl (C=O) groups is 2. The van der Waals surface area contributed by atoms with Crippen LogP contribution in [-0.2, 0) is 14.3 Å². The van der Waals surface area contributed by atoms with Crippen LogP contribution in [0.5, 0.6) is 0 Å². The van der Waals surface area contributed by atoms with Crippen molar-refractivity contribution in [3.63, 3.8) is 0 Å². The van der Waals surface area contributed by atoms with Crippen LogP contribution in [0.2, 0.25) is 0 Å². The van der Waals surface area contributed by atoms with Crippen molar-refractivity contribution in [1.29, 1.82) is 0 Å². The van der Waals surface area contributed by atoms with Crippen molar-refractivity contribution >= 4 is 11.9 Å². The zero-order valence-corrected chi connectivity index (χ0v) is 15.5. The molecule has 2 unspecified atom stereocenters. The van der Waals surface area contributed by atoms with Gasteiger partial charge in [0.05, 0.1) is 18.6 Å². The number of carbonyl (C=O) groups excluding carboxylic acids is 1. The van der Waals surface area contributed by atoms with Crippen LogP contribution in [0.1, 0.15) is 47.5 Å². The number of carboxylic acid groups (broad SMARTS) is 1. The van der Waals surface area contributed by atoms with Gasteiger partial charge in [0, 0.05) is 37.8 Å². The highest BCUT2D eigenvalue weighted by molar-refractivity contribution is 5.94. The van der Waals surface area contributed by atoms with E-state index in [9.17, 15) is 14.7 Å². The summed E-state index contributed by atoms with van der Waals surface area (Å²) in [5.74, 6) is -0.488. The zero-order valence-electron chi connectivity index (χ0n) is 15.5. The minimum Gasteiger partial charge on any atom is -0.481 e. The minimum atomic E-state index is -0.760. The highest BCUT2D eigenvalue weighted by Crippen LogP contribution is 2.34. The number of ether oxygens (including phenoxy) is 2. The fourth-order valence-electron chi connectivity index (χ4n) is 4.68. The molecule has 3 saturated heterocycles. The van der Waals surface area contributed by atoms with E-state index >= 15 is 0 Å². The third kappa shape index (κ3) is 3.87. The predicted molar refractivity (Wildman–Crippen MR) is 98.7 cm³/mol. The van der Waals surface area contributed by atoms with Crippen molar-refractivity contribution in [2.45, 2.75) is 37.7 Å². The largest absolute Gasteiger partial charge is 0.481 e. The van der Waals surface area contributed by atoms with Crippen molar-refractivity contribution in [1.82, 2.24) is 4.90 Å². The molecule has 1 N–H and O–H groups in total. The highest BCUT2D eigenvalue weighted by Gasteiger charge is 2.40. The molecule has 6 heteroatoms. The van der Waals surface area contributed by atoms with Gasteiger partial charge in [-0.2, -0.15) is 0 Å². The Morgan fingerprint density at radius 2 is 1.89 bits per heavy atom. The summed E-state index contributed by atoms with van der Waals surface area (Å²) in [7, 11) is 0. The van der Waals surface area contributed by atoms with Gasteiger partial charge >= 0.3 is 5.97 Å². The summed E-state index contributed by atoms with van der Waals surface area (Å²) in [5, 5.41) is 9.37. The first-order valence-electron chi connectivity index (χ1n) is 9.95. The fourth-order valence-corrected chi connectivity index (χ4v) is 4.68. The van der Waals surface area contributed by atoms with Gasteiger partial charge in [-0.05, 0) is 49.3 Å². The Hall–Kier alpha value is -1.92. The summed E-state index contributed by atoms with van der Waals surface area (Å²) in [6.45, 7) is 3.36. The molecule has 27 heavy (non-hydrogen) atoms. The maximum Gasteiger partial charge on any atom is 0.309 e. The lowest BCUT2D eigenvalue weighted by molar-refractivity contribution is -0.145. The Morgan fingerprint density at radius 3 is 2.59 bits per heavy atom. The molecular formula is C21H27NO5. The quantitative estimate of drug-likeness (QED) is 0.878. The molecule has 3 aliphatic heterocycles. The van der Waals surface area contributed by atoms with Crippen molar-refractivity contribution < 1.29 is 24.2 Å². The third-order valence-corrected chi connectivity index (χ3v) is 6.28. The smallest absolute Gasteiger partial charge is 0.309 e. The number of amides is 1. The Morgan fingerprint density at radius 1 is 1.07 bits per heavy atom. The van der Waals surface area contributed by atoms with E-state index in [4.69, 9.17) is 9.47 Å². The lowest BCUT2D eigenvalue weighted by Crippen LogP contribution is -2.43. The highest BCUT2D eigenvalue weighted by atomic mass is 16.5. The first-order valence-corrected chi connectivity index (χ1v) is 9.95. The van der Waals surface area contributed by atoms with E-state index in [0.29, 0.717) is 32.0 Å². The van der Waals surface area contributed by atoms with Crippen LogP contribution in [-0.4, -0.2) is 60.9 Å². The second-order valence-corrected chi connectivity index (χ2v) is 7.88. The molecule has 0 bridgehead atoms. The van der Waals surface area contributed by atoms with Crippen LogP contribution >= 0.6 is 0 Å². The Labute approximate surface area is 159 Å². The van der Waals surface area contributed by atoms with Gasteiger partial charge in [0.25, 0.3) is 5.91 Å². The summed E-state index contributed by atoms with van der Waals surface area (Å²) in [6.07, 6.45) is 3.00. The average Bonchev–Trinajstić information content (AvgIpc) is 3.39. The number of hydrogen-bond donors (Lipinski definition) is 1. The molecule has 6 nitrogen and oxygen atoms in total. The van der Waals surface area contributed by atoms with Gasteiger partial charge in [-0.15, -0.1) is 0 Å². The fraction of sp³-hybridized carbons (Fsp3) is 0.619. The first-order chi connectivity index (χ1) is 13.1. The van der Waals surface area contributed by atoms with E-state index in [1.165, 1.54) is 5.56 Å². The number of benzene rings is 1. The Kier molecular flexibility index (Phi) is 5.45. The first kappa shape index (κ1) is 18.4. The molecule has 146 valence electrons. The van der Waals surface area contributed by atoms with E-state index in [1.807, 2.05) is 23.1 Å². The third-order valence-electron chi connectivity index (χ3n) is 6.28. The molecule has 1 aromatic carbocycles.